The van der Waals surface area contributed by atoms with Gasteiger partial charge >= 0.3 is 0 Å². The molecule has 5 heteroatoms. The summed E-state index contributed by atoms with van der Waals surface area (Å²) in [6.07, 6.45) is -1.42. The quantitative estimate of drug-likeness (QED) is 0.851. The number of nitrogens with zero attached hydrogens (tertiary/aromatic N) is 1. The molecule has 0 fully saturated rings. The lowest BCUT2D eigenvalue weighted by molar-refractivity contribution is 0.102. The Labute approximate surface area is 102 Å². The Morgan fingerprint density at radius 3 is 2.61 bits per heavy atom. The number of aromatic hydroxyl groups is 1. The normalized spacial score (nSPS) is 10.6. The number of halogens is 2. The van der Waals surface area contributed by atoms with E-state index in [1.54, 1.807) is 12.1 Å². The number of carbonyl (C=O) groups is 1. The summed E-state index contributed by atoms with van der Waals surface area (Å²) < 4.78 is 25.6. The van der Waals surface area contributed by atoms with Crippen LogP contribution in [0.2, 0.25) is 0 Å². The van der Waals surface area contributed by atoms with Crippen molar-refractivity contribution in [3.8, 4) is 5.75 Å². The summed E-state index contributed by atoms with van der Waals surface area (Å²) in [5, 5.41) is 9.18. The van der Waals surface area contributed by atoms with E-state index in [0.29, 0.717) is 0 Å². The first-order chi connectivity index (χ1) is 8.59. The molecule has 0 radical (unpaired) electrons. The fraction of sp³-hybridized carbons (Fsp3) is 0.0769. The molecule has 0 spiro atoms. The minimum Gasteiger partial charge on any atom is -0.508 e. The monoisotopic (exact) mass is 249 g/mol. The number of aromatic nitrogens is 1. The van der Waals surface area contributed by atoms with Crippen molar-refractivity contribution < 1.29 is 18.7 Å². The highest BCUT2D eigenvalue weighted by Gasteiger charge is 2.20. The number of benzene rings is 1. The van der Waals surface area contributed by atoms with Crippen LogP contribution < -0.4 is 0 Å². The first-order valence-corrected chi connectivity index (χ1v) is 5.16. The Morgan fingerprint density at radius 1 is 1.22 bits per heavy atom. The predicted octanol–water partition coefficient (Wildman–Crippen LogP) is 2.96. The summed E-state index contributed by atoms with van der Waals surface area (Å²) in [5.41, 5.74) is -0.558. The summed E-state index contributed by atoms with van der Waals surface area (Å²) in [6.45, 7) is 0. The molecule has 1 aromatic carbocycles. The van der Waals surface area contributed by atoms with Gasteiger partial charge in [-0.2, -0.15) is 0 Å². The van der Waals surface area contributed by atoms with Crippen molar-refractivity contribution in [2.75, 3.05) is 0 Å². The van der Waals surface area contributed by atoms with E-state index in [1.165, 1.54) is 24.4 Å². The van der Waals surface area contributed by atoms with Crippen LogP contribution in [-0.4, -0.2) is 15.9 Å². The van der Waals surface area contributed by atoms with E-state index in [2.05, 4.69) is 4.98 Å². The minimum absolute atomic E-state index is 0.0880. The highest BCUT2D eigenvalue weighted by atomic mass is 19.3. The molecule has 0 aliphatic carbocycles. The highest BCUT2D eigenvalue weighted by molar-refractivity contribution is 6.08. The Bertz CT molecular complexity index is 570. The van der Waals surface area contributed by atoms with Crippen molar-refractivity contribution in [3.05, 3.63) is 59.4 Å². The van der Waals surface area contributed by atoms with Gasteiger partial charge in [-0.15, -0.1) is 0 Å². The number of phenolic OH excluding ortho intramolecular Hbond substituents is 1. The Hall–Kier alpha value is -2.30. The van der Waals surface area contributed by atoms with Crippen LogP contribution in [0.4, 0.5) is 8.78 Å². The van der Waals surface area contributed by atoms with E-state index in [0.717, 1.165) is 6.07 Å². The average molecular weight is 249 g/mol. The molecule has 0 saturated carbocycles. The summed E-state index contributed by atoms with van der Waals surface area (Å²) in [6, 6.07) is 7.94. The minimum atomic E-state index is -2.83. The van der Waals surface area contributed by atoms with Gasteiger partial charge in [-0.3, -0.25) is 9.78 Å². The van der Waals surface area contributed by atoms with Gasteiger partial charge in [0.1, 0.15) is 11.4 Å². The van der Waals surface area contributed by atoms with E-state index in [4.69, 9.17) is 0 Å². The van der Waals surface area contributed by atoms with Crippen LogP contribution in [0.5, 0.6) is 5.75 Å². The van der Waals surface area contributed by atoms with Gasteiger partial charge in [0.25, 0.3) is 6.43 Å². The van der Waals surface area contributed by atoms with Crippen molar-refractivity contribution >= 4 is 5.78 Å². The number of phenols is 1. The van der Waals surface area contributed by atoms with Gasteiger partial charge in [0.05, 0.1) is 0 Å². The fourth-order valence-corrected chi connectivity index (χ4v) is 1.57. The lowest BCUT2D eigenvalue weighted by Crippen LogP contribution is -2.07. The van der Waals surface area contributed by atoms with Crippen molar-refractivity contribution in [2.45, 2.75) is 6.43 Å². The number of hydrogen-bond acceptors (Lipinski definition) is 3. The Morgan fingerprint density at radius 2 is 2.00 bits per heavy atom. The molecule has 1 aromatic heterocycles. The lowest BCUT2D eigenvalue weighted by atomic mass is 10.0. The van der Waals surface area contributed by atoms with Crippen molar-refractivity contribution in [1.82, 2.24) is 4.98 Å². The third-order valence-corrected chi connectivity index (χ3v) is 2.41. The van der Waals surface area contributed by atoms with Crippen LogP contribution in [0.25, 0.3) is 0 Å². The molecular formula is C13H9F2NO2. The van der Waals surface area contributed by atoms with Gasteiger partial charge in [-0.1, -0.05) is 6.07 Å². The fourth-order valence-electron chi connectivity index (χ4n) is 1.57. The van der Waals surface area contributed by atoms with Crippen molar-refractivity contribution in [2.24, 2.45) is 0 Å². The van der Waals surface area contributed by atoms with E-state index in [-0.39, 0.29) is 17.0 Å². The van der Waals surface area contributed by atoms with Crippen molar-refractivity contribution in [1.29, 1.82) is 0 Å². The third kappa shape index (κ3) is 2.34. The average Bonchev–Trinajstić information content (AvgIpc) is 2.39. The molecule has 2 aromatic rings. The molecule has 1 N–H and O–H groups in total. The number of alkyl halides is 2. The van der Waals surface area contributed by atoms with Crippen LogP contribution in [0.1, 0.15) is 28.0 Å². The number of ketones is 1. The molecule has 0 aliphatic heterocycles. The molecule has 0 saturated heterocycles. The molecular weight excluding hydrogens is 240 g/mol. The second-order valence-electron chi connectivity index (χ2n) is 3.62. The maximum atomic E-state index is 12.8. The van der Waals surface area contributed by atoms with Gasteiger partial charge in [-0.25, -0.2) is 8.78 Å². The molecule has 0 amide bonds. The highest BCUT2D eigenvalue weighted by Crippen LogP contribution is 2.27. The third-order valence-electron chi connectivity index (χ3n) is 2.41. The zero-order valence-electron chi connectivity index (χ0n) is 9.18. The molecule has 3 nitrogen and oxygen atoms in total. The van der Waals surface area contributed by atoms with E-state index in [1.807, 2.05) is 0 Å². The molecule has 0 unspecified atom stereocenters. The topological polar surface area (TPSA) is 50.2 Å². The molecule has 1 heterocycles. The van der Waals surface area contributed by atoms with Crippen molar-refractivity contribution in [3.63, 3.8) is 0 Å². The summed E-state index contributed by atoms with van der Waals surface area (Å²) in [5.74, 6) is -0.895. The molecule has 0 atom stereocenters. The van der Waals surface area contributed by atoms with Crippen LogP contribution in [0, 0.1) is 0 Å². The summed E-state index contributed by atoms with van der Waals surface area (Å²) in [7, 11) is 0. The van der Waals surface area contributed by atoms with Crippen LogP contribution in [0.15, 0.2) is 42.6 Å². The maximum absolute atomic E-state index is 12.8. The SMILES string of the molecule is O=C(c1ccccn1)c1ccc(O)cc1C(F)F. The largest absolute Gasteiger partial charge is 0.508 e. The van der Waals surface area contributed by atoms with Crippen LogP contribution in [-0.2, 0) is 0 Å². The number of carbonyl (C=O) groups excluding carboxylic acids is 1. The van der Waals surface area contributed by atoms with E-state index < -0.39 is 17.8 Å². The first-order valence-electron chi connectivity index (χ1n) is 5.16. The smallest absolute Gasteiger partial charge is 0.264 e. The van der Waals surface area contributed by atoms with Crippen LogP contribution in [0.3, 0.4) is 0 Å². The zero-order chi connectivity index (χ0) is 13.1. The van der Waals surface area contributed by atoms with Gasteiger partial charge in [-0.05, 0) is 30.3 Å². The van der Waals surface area contributed by atoms with Gasteiger partial charge in [0.15, 0.2) is 0 Å². The van der Waals surface area contributed by atoms with Gasteiger partial charge in [0.2, 0.25) is 5.78 Å². The molecule has 0 aliphatic rings. The van der Waals surface area contributed by atoms with Gasteiger partial charge in [0, 0.05) is 17.3 Å². The number of pyridine rings is 1. The second kappa shape index (κ2) is 4.91. The second-order valence-corrected chi connectivity index (χ2v) is 3.62. The zero-order valence-corrected chi connectivity index (χ0v) is 9.18. The molecule has 0 bridgehead atoms. The summed E-state index contributed by atoms with van der Waals surface area (Å²) >= 11 is 0. The Kier molecular flexibility index (Phi) is 3.32. The molecule has 2 rings (SSSR count). The van der Waals surface area contributed by atoms with Gasteiger partial charge < -0.3 is 5.11 Å². The van der Waals surface area contributed by atoms with Crippen LogP contribution >= 0.6 is 0 Å². The molecule has 92 valence electrons. The Balaban J connectivity index is 2.48. The maximum Gasteiger partial charge on any atom is 0.264 e. The van der Waals surface area contributed by atoms with E-state index in [9.17, 15) is 18.7 Å². The van der Waals surface area contributed by atoms with E-state index >= 15 is 0 Å². The first kappa shape index (κ1) is 12.2. The standard InChI is InChI=1S/C13H9F2NO2/c14-13(15)10-7-8(17)4-5-9(10)12(18)11-3-1-2-6-16-11/h1-7,13,17H. The number of hydrogen-bond donors (Lipinski definition) is 1. The predicted molar refractivity (Wildman–Crippen MR) is 60.7 cm³/mol. The lowest BCUT2D eigenvalue weighted by Gasteiger charge is -2.08. The molecule has 18 heavy (non-hydrogen) atoms. The summed E-state index contributed by atoms with van der Waals surface area (Å²) in [4.78, 5) is 15.8. The number of rotatable bonds is 3.